The highest BCUT2D eigenvalue weighted by Gasteiger charge is 2.27. The molecule has 0 N–H and O–H groups in total. The zero-order valence-electron chi connectivity index (χ0n) is 19.4. The van der Waals surface area contributed by atoms with Gasteiger partial charge in [0.1, 0.15) is 6.61 Å². The number of benzene rings is 4. The zero-order chi connectivity index (χ0) is 23.4. The molecular formula is C28H29NO3Si. The largest absolute Gasteiger partial charge is 0.445 e. The first-order chi connectivity index (χ1) is 15.8. The summed E-state index contributed by atoms with van der Waals surface area (Å²) in [7, 11) is -1.68. The number of fused-ring (bicyclic) bond motifs is 3. The van der Waals surface area contributed by atoms with Crippen LogP contribution in [0.25, 0.3) is 21.5 Å². The first-order valence-electron chi connectivity index (χ1n) is 11.2. The van der Waals surface area contributed by atoms with Crippen molar-refractivity contribution in [2.24, 2.45) is 0 Å². The molecule has 0 aliphatic carbocycles. The molecule has 0 heterocycles. The van der Waals surface area contributed by atoms with Crippen molar-refractivity contribution in [2.75, 3.05) is 12.7 Å². The van der Waals surface area contributed by atoms with Gasteiger partial charge in [0.15, 0.2) is 5.78 Å². The first-order valence-corrected chi connectivity index (χ1v) is 14.9. The lowest BCUT2D eigenvalue weighted by molar-refractivity contribution is 0.0834. The minimum atomic E-state index is -1.68. The fourth-order valence-electron chi connectivity index (χ4n) is 4.11. The molecule has 0 aliphatic rings. The van der Waals surface area contributed by atoms with Crippen molar-refractivity contribution in [1.29, 1.82) is 0 Å². The van der Waals surface area contributed by atoms with Gasteiger partial charge < -0.3 is 9.64 Å². The molecule has 1 amide bonds. The average molecular weight is 456 g/mol. The normalized spacial score (nSPS) is 11.5. The summed E-state index contributed by atoms with van der Waals surface area (Å²) in [6.45, 7) is 6.73. The molecule has 4 rings (SSSR count). The van der Waals surface area contributed by atoms with E-state index in [0.717, 1.165) is 27.1 Å². The lowest BCUT2D eigenvalue weighted by Gasteiger charge is -2.28. The van der Waals surface area contributed by atoms with E-state index in [-0.39, 0.29) is 18.9 Å². The number of ether oxygens (including phenoxy) is 1. The fourth-order valence-corrected chi connectivity index (χ4v) is 5.50. The lowest BCUT2D eigenvalue weighted by atomic mass is 9.95. The Bertz CT molecular complexity index is 1300. The van der Waals surface area contributed by atoms with Gasteiger partial charge in [-0.3, -0.25) is 4.79 Å². The summed E-state index contributed by atoms with van der Waals surface area (Å²) in [6, 6.07) is 27.6. The summed E-state index contributed by atoms with van der Waals surface area (Å²) in [5.41, 5.74) is 1.56. The van der Waals surface area contributed by atoms with Gasteiger partial charge in [0.25, 0.3) is 0 Å². The van der Waals surface area contributed by atoms with Gasteiger partial charge in [-0.25, -0.2) is 4.79 Å². The van der Waals surface area contributed by atoms with Gasteiger partial charge >= 0.3 is 6.09 Å². The van der Waals surface area contributed by atoms with Crippen LogP contribution in [0.4, 0.5) is 4.79 Å². The van der Waals surface area contributed by atoms with Crippen molar-refractivity contribution in [1.82, 2.24) is 4.90 Å². The average Bonchev–Trinajstić information content (AvgIpc) is 2.81. The van der Waals surface area contributed by atoms with E-state index >= 15 is 0 Å². The molecule has 0 radical (unpaired) electrons. The topological polar surface area (TPSA) is 46.6 Å². The summed E-state index contributed by atoms with van der Waals surface area (Å²) in [5.74, 6) is -0.0770. The van der Waals surface area contributed by atoms with Crippen LogP contribution in [0.15, 0.2) is 84.9 Å². The molecule has 33 heavy (non-hydrogen) atoms. The van der Waals surface area contributed by atoms with Crippen molar-refractivity contribution >= 4 is 41.5 Å². The Morgan fingerprint density at radius 3 is 2.09 bits per heavy atom. The van der Waals surface area contributed by atoms with Gasteiger partial charge in [0.2, 0.25) is 0 Å². The van der Waals surface area contributed by atoms with E-state index in [2.05, 4.69) is 25.7 Å². The second-order valence-corrected chi connectivity index (χ2v) is 15.0. The third-order valence-corrected chi connectivity index (χ3v) is 6.86. The predicted octanol–water partition coefficient (Wildman–Crippen LogP) is 6.69. The molecule has 0 bridgehead atoms. The summed E-state index contributed by atoms with van der Waals surface area (Å²) >= 11 is 0. The monoisotopic (exact) mass is 455 g/mol. The molecule has 5 heteroatoms. The summed E-state index contributed by atoms with van der Waals surface area (Å²) in [4.78, 5) is 28.1. The molecule has 0 fully saturated rings. The molecule has 0 aliphatic heterocycles. The van der Waals surface area contributed by atoms with E-state index in [1.165, 1.54) is 0 Å². The molecule has 0 aromatic heterocycles. The summed E-state index contributed by atoms with van der Waals surface area (Å²) in [6.07, 6.45) is 0.109. The standard InChI is InChI=1S/C28H29NO3Si/c1-33(2,3)20-29(28(31)32-19-21-11-5-4-6-12-21)18-27(30)26-17-22-13-7-8-14-23(22)24-15-9-10-16-25(24)26/h4-17H,18-20H2,1-3H3. The number of carbonyl (C=O) groups excluding carboxylic acids is 2. The number of nitrogens with zero attached hydrogens (tertiary/aromatic N) is 1. The zero-order valence-corrected chi connectivity index (χ0v) is 20.4. The number of carbonyl (C=O) groups is 2. The second-order valence-electron chi connectivity index (χ2n) is 9.57. The highest BCUT2D eigenvalue weighted by molar-refractivity contribution is 6.76. The summed E-state index contributed by atoms with van der Waals surface area (Å²) in [5, 5.41) is 4.09. The fraction of sp³-hybridized carbons (Fsp3) is 0.214. The lowest BCUT2D eigenvalue weighted by Crippen LogP contribution is -2.46. The quantitative estimate of drug-likeness (QED) is 0.177. The molecule has 0 saturated carbocycles. The Hall–Kier alpha value is -3.44. The minimum Gasteiger partial charge on any atom is -0.445 e. The molecule has 0 spiro atoms. The number of Topliss-reactive ketones (excluding diaryl/α,β-unsaturated/α-hetero) is 1. The van der Waals surface area contributed by atoms with Crippen molar-refractivity contribution in [2.45, 2.75) is 26.2 Å². The predicted molar refractivity (Wildman–Crippen MR) is 137 cm³/mol. The van der Waals surface area contributed by atoms with Gasteiger partial charge in [0, 0.05) is 11.7 Å². The second kappa shape index (κ2) is 9.59. The van der Waals surface area contributed by atoms with E-state index in [9.17, 15) is 9.59 Å². The maximum Gasteiger partial charge on any atom is 0.410 e. The Morgan fingerprint density at radius 2 is 1.39 bits per heavy atom. The Morgan fingerprint density at radius 1 is 0.788 bits per heavy atom. The molecule has 0 unspecified atom stereocenters. The Balaban J connectivity index is 1.62. The maximum absolute atomic E-state index is 13.5. The van der Waals surface area contributed by atoms with Crippen molar-refractivity contribution in [3.8, 4) is 0 Å². The van der Waals surface area contributed by atoms with Gasteiger partial charge in [-0.1, -0.05) is 98.5 Å². The number of hydrogen-bond donors (Lipinski definition) is 0. The van der Waals surface area contributed by atoms with E-state index in [1.54, 1.807) is 4.90 Å². The third kappa shape index (κ3) is 5.49. The third-order valence-electron chi connectivity index (χ3n) is 5.53. The van der Waals surface area contributed by atoms with E-state index < -0.39 is 14.2 Å². The minimum absolute atomic E-state index is 0.000226. The molecule has 4 nitrogen and oxygen atoms in total. The van der Waals surface area contributed by atoms with Crippen molar-refractivity contribution in [3.05, 3.63) is 96.1 Å². The van der Waals surface area contributed by atoms with Gasteiger partial charge in [0.05, 0.1) is 14.6 Å². The Kier molecular flexibility index (Phi) is 6.61. The van der Waals surface area contributed by atoms with Crippen LogP contribution in [-0.4, -0.2) is 37.6 Å². The Labute approximate surface area is 195 Å². The van der Waals surface area contributed by atoms with Gasteiger partial charge in [-0.2, -0.15) is 0 Å². The van der Waals surface area contributed by atoms with Crippen LogP contribution < -0.4 is 0 Å². The maximum atomic E-state index is 13.5. The number of rotatable bonds is 7. The first kappa shape index (κ1) is 22.7. The van der Waals surface area contributed by atoms with Crippen LogP contribution in [0, 0.1) is 0 Å². The van der Waals surface area contributed by atoms with E-state index in [4.69, 9.17) is 4.74 Å². The van der Waals surface area contributed by atoms with Crippen molar-refractivity contribution in [3.63, 3.8) is 0 Å². The summed E-state index contributed by atoms with van der Waals surface area (Å²) < 4.78 is 5.59. The number of ketones is 1. The van der Waals surface area contributed by atoms with E-state index in [1.807, 2.05) is 78.9 Å². The molecule has 0 saturated heterocycles. The van der Waals surface area contributed by atoms with Crippen LogP contribution in [-0.2, 0) is 11.3 Å². The molecule has 4 aromatic carbocycles. The molecule has 0 atom stereocenters. The molecular weight excluding hydrogens is 426 g/mol. The molecule has 4 aromatic rings. The smallest absolute Gasteiger partial charge is 0.410 e. The van der Waals surface area contributed by atoms with Gasteiger partial charge in [-0.05, 0) is 33.2 Å². The van der Waals surface area contributed by atoms with Crippen LogP contribution in [0.1, 0.15) is 15.9 Å². The van der Waals surface area contributed by atoms with Crippen LogP contribution in [0.5, 0.6) is 0 Å². The van der Waals surface area contributed by atoms with Gasteiger partial charge in [-0.15, -0.1) is 0 Å². The highest BCUT2D eigenvalue weighted by Crippen LogP contribution is 2.29. The number of hydrogen-bond acceptors (Lipinski definition) is 3. The van der Waals surface area contributed by atoms with E-state index in [0.29, 0.717) is 11.7 Å². The van der Waals surface area contributed by atoms with Crippen LogP contribution in [0.3, 0.4) is 0 Å². The number of amides is 1. The van der Waals surface area contributed by atoms with Crippen LogP contribution in [0.2, 0.25) is 19.6 Å². The SMILES string of the molecule is C[Si](C)(C)CN(CC(=O)c1cc2ccccc2c2ccccc12)C(=O)OCc1ccccc1. The van der Waals surface area contributed by atoms with Crippen molar-refractivity contribution < 1.29 is 14.3 Å². The molecule has 168 valence electrons. The highest BCUT2D eigenvalue weighted by atomic mass is 28.3. The van der Waals surface area contributed by atoms with Crippen LogP contribution >= 0.6 is 0 Å².